The van der Waals surface area contributed by atoms with Crippen LogP contribution in [0.2, 0.25) is 0 Å². The minimum absolute atomic E-state index is 0.245. The van der Waals surface area contributed by atoms with E-state index in [0.717, 1.165) is 17.1 Å². The van der Waals surface area contributed by atoms with Gasteiger partial charge in [0.25, 0.3) is 0 Å². The molecule has 4 rings (SSSR count). The molecule has 0 amide bonds. The van der Waals surface area contributed by atoms with Crippen molar-refractivity contribution >= 4 is 15.8 Å². The number of methoxy groups -OCH3 is 1. The second-order valence-corrected chi connectivity index (χ2v) is 9.60. The zero-order valence-electron chi connectivity index (χ0n) is 18.2. The molecule has 0 atom stereocenters. The number of hydrogen-bond donors (Lipinski definition) is 0. The third-order valence-electron chi connectivity index (χ3n) is 5.68. The smallest absolute Gasteiger partial charge is 0.243 e. The van der Waals surface area contributed by atoms with Crippen molar-refractivity contribution in [3.8, 4) is 17.1 Å². The van der Waals surface area contributed by atoms with Gasteiger partial charge in [0.1, 0.15) is 17.4 Å². The summed E-state index contributed by atoms with van der Waals surface area (Å²) in [7, 11) is -2.05. The molecule has 0 unspecified atom stereocenters. The minimum atomic E-state index is -3.59. The summed E-state index contributed by atoms with van der Waals surface area (Å²) in [6.07, 6.45) is 0. The van der Waals surface area contributed by atoms with E-state index in [1.54, 1.807) is 43.5 Å². The number of aromatic nitrogens is 2. The zero-order valence-corrected chi connectivity index (χ0v) is 19.1. The number of anilines is 1. The molecule has 2 heterocycles. The summed E-state index contributed by atoms with van der Waals surface area (Å²) in [5.41, 5.74) is 2.34. The van der Waals surface area contributed by atoms with Crippen LogP contribution in [0.25, 0.3) is 11.4 Å². The normalized spacial score (nSPS) is 15.1. The molecule has 9 heteroatoms. The van der Waals surface area contributed by atoms with Crippen molar-refractivity contribution in [3.63, 3.8) is 0 Å². The van der Waals surface area contributed by atoms with Crippen LogP contribution in [0.1, 0.15) is 11.3 Å². The van der Waals surface area contributed by atoms with Gasteiger partial charge in [0.15, 0.2) is 5.82 Å². The predicted octanol–water partition coefficient (Wildman–Crippen LogP) is 3.42. The zero-order chi connectivity index (χ0) is 22.9. The van der Waals surface area contributed by atoms with E-state index < -0.39 is 10.0 Å². The van der Waals surface area contributed by atoms with Crippen LogP contribution in [0.3, 0.4) is 0 Å². The molecule has 168 valence electrons. The molecule has 1 saturated heterocycles. The first-order valence-corrected chi connectivity index (χ1v) is 11.7. The van der Waals surface area contributed by atoms with Crippen LogP contribution in [-0.2, 0) is 10.0 Å². The Morgan fingerprint density at radius 1 is 0.969 bits per heavy atom. The third kappa shape index (κ3) is 4.31. The summed E-state index contributed by atoms with van der Waals surface area (Å²) in [5.74, 6) is 1.47. The van der Waals surface area contributed by atoms with E-state index in [-0.39, 0.29) is 10.7 Å². The van der Waals surface area contributed by atoms with E-state index in [2.05, 4.69) is 9.88 Å². The molecule has 1 aliphatic heterocycles. The molecule has 0 bridgehead atoms. The first-order chi connectivity index (χ1) is 15.3. The van der Waals surface area contributed by atoms with Gasteiger partial charge in [-0.25, -0.2) is 22.8 Å². The number of rotatable bonds is 5. The molecule has 0 aliphatic carbocycles. The summed E-state index contributed by atoms with van der Waals surface area (Å²) in [6.45, 7) is 5.51. The van der Waals surface area contributed by atoms with E-state index in [0.29, 0.717) is 43.3 Å². The third-order valence-corrected chi connectivity index (χ3v) is 7.59. The van der Waals surface area contributed by atoms with Gasteiger partial charge in [-0.05, 0) is 50.2 Å². The van der Waals surface area contributed by atoms with E-state index in [1.165, 1.54) is 16.4 Å². The van der Waals surface area contributed by atoms with Crippen molar-refractivity contribution in [2.24, 2.45) is 0 Å². The lowest BCUT2D eigenvalue weighted by atomic mass is 10.1. The van der Waals surface area contributed by atoms with Gasteiger partial charge in [-0.3, -0.25) is 0 Å². The van der Waals surface area contributed by atoms with E-state index in [1.807, 2.05) is 13.8 Å². The van der Waals surface area contributed by atoms with E-state index >= 15 is 0 Å². The van der Waals surface area contributed by atoms with Gasteiger partial charge < -0.3 is 9.64 Å². The predicted molar refractivity (Wildman–Crippen MR) is 121 cm³/mol. The summed E-state index contributed by atoms with van der Waals surface area (Å²) in [4.78, 5) is 11.5. The molecule has 0 radical (unpaired) electrons. The molecular formula is C23H25FN4O3S. The summed E-state index contributed by atoms with van der Waals surface area (Å²) >= 11 is 0. The molecule has 0 saturated carbocycles. The fraction of sp³-hybridized carbons (Fsp3) is 0.304. The Kier molecular flexibility index (Phi) is 6.12. The van der Waals surface area contributed by atoms with Crippen molar-refractivity contribution in [2.45, 2.75) is 18.7 Å². The molecule has 1 fully saturated rings. The largest absolute Gasteiger partial charge is 0.497 e. The number of sulfonamides is 1. The highest BCUT2D eigenvalue weighted by molar-refractivity contribution is 7.89. The SMILES string of the molecule is COc1ccc(S(=O)(=O)N2CCN(c3nc(-c4cccc(F)c4)nc(C)c3C)CC2)cc1. The van der Waals surface area contributed by atoms with E-state index in [9.17, 15) is 12.8 Å². The van der Waals surface area contributed by atoms with Crippen molar-refractivity contribution in [1.82, 2.24) is 14.3 Å². The molecular weight excluding hydrogens is 431 g/mol. The van der Waals surface area contributed by atoms with Crippen LogP contribution in [0.15, 0.2) is 53.4 Å². The monoisotopic (exact) mass is 456 g/mol. The Balaban J connectivity index is 1.55. The Labute approximate surface area is 187 Å². The number of benzene rings is 2. The highest BCUT2D eigenvalue weighted by atomic mass is 32.2. The Bertz CT molecular complexity index is 1220. The molecule has 0 spiro atoms. The van der Waals surface area contributed by atoms with Gasteiger partial charge in [-0.15, -0.1) is 0 Å². The molecule has 1 aromatic heterocycles. The van der Waals surface area contributed by atoms with Gasteiger partial charge in [0.05, 0.1) is 12.0 Å². The number of halogens is 1. The van der Waals surface area contributed by atoms with Crippen molar-refractivity contribution in [3.05, 3.63) is 65.6 Å². The van der Waals surface area contributed by atoms with Gasteiger partial charge in [0.2, 0.25) is 10.0 Å². The van der Waals surface area contributed by atoms with Gasteiger partial charge in [-0.1, -0.05) is 12.1 Å². The first-order valence-electron chi connectivity index (χ1n) is 10.3. The molecule has 2 aromatic carbocycles. The fourth-order valence-electron chi connectivity index (χ4n) is 3.72. The second kappa shape index (κ2) is 8.84. The quantitative estimate of drug-likeness (QED) is 0.586. The molecule has 0 N–H and O–H groups in total. The summed E-state index contributed by atoms with van der Waals surface area (Å²) < 4.78 is 46.3. The van der Waals surface area contributed by atoms with Crippen LogP contribution < -0.4 is 9.64 Å². The van der Waals surface area contributed by atoms with Crippen LogP contribution in [-0.4, -0.2) is 56.0 Å². The maximum atomic E-state index is 13.7. The number of hydrogen-bond acceptors (Lipinski definition) is 6. The standard InChI is InChI=1S/C23H25FN4O3S/c1-16-17(2)25-22(18-5-4-6-19(24)15-18)26-23(16)27-11-13-28(14-12-27)32(29,30)21-9-7-20(31-3)8-10-21/h4-10,15H,11-14H2,1-3H3. The summed E-state index contributed by atoms with van der Waals surface area (Å²) in [6, 6.07) is 12.6. The van der Waals surface area contributed by atoms with Crippen molar-refractivity contribution < 1.29 is 17.5 Å². The van der Waals surface area contributed by atoms with Crippen LogP contribution in [0.4, 0.5) is 10.2 Å². The number of aryl methyl sites for hydroxylation is 1. The molecule has 7 nitrogen and oxygen atoms in total. The van der Waals surface area contributed by atoms with Crippen molar-refractivity contribution in [2.75, 3.05) is 38.2 Å². The van der Waals surface area contributed by atoms with Gasteiger partial charge in [-0.2, -0.15) is 4.31 Å². The Morgan fingerprint density at radius 2 is 1.66 bits per heavy atom. The molecule has 1 aliphatic rings. The average molecular weight is 457 g/mol. The fourth-order valence-corrected chi connectivity index (χ4v) is 5.14. The van der Waals surface area contributed by atoms with Crippen LogP contribution in [0.5, 0.6) is 5.75 Å². The maximum absolute atomic E-state index is 13.7. The lowest BCUT2D eigenvalue weighted by molar-refractivity contribution is 0.383. The second-order valence-electron chi connectivity index (χ2n) is 7.66. The number of ether oxygens (including phenoxy) is 1. The van der Waals surface area contributed by atoms with E-state index in [4.69, 9.17) is 9.72 Å². The molecule has 32 heavy (non-hydrogen) atoms. The Hall–Kier alpha value is -3.04. The average Bonchev–Trinajstić information content (AvgIpc) is 2.81. The maximum Gasteiger partial charge on any atom is 0.243 e. The highest BCUT2D eigenvalue weighted by Gasteiger charge is 2.30. The summed E-state index contributed by atoms with van der Waals surface area (Å²) in [5, 5.41) is 0. The highest BCUT2D eigenvalue weighted by Crippen LogP contribution is 2.27. The van der Waals surface area contributed by atoms with Crippen LogP contribution >= 0.6 is 0 Å². The van der Waals surface area contributed by atoms with Crippen molar-refractivity contribution in [1.29, 1.82) is 0 Å². The first kappa shape index (κ1) is 22.2. The topological polar surface area (TPSA) is 75.6 Å². The Morgan fingerprint density at radius 3 is 2.28 bits per heavy atom. The van der Waals surface area contributed by atoms with Crippen LogP contribution in [0, 0.1) is 19.7 Å². The number of nitrogens with zero attached hydrogens (tertiary/aromatic N) is 4. The lowest BCUT2D eigenvalue weighted by Crippen LogP contribution is -2.49. The lowest BCUT2D eigenvalue weighted by Gasteiger charge is -2.35. The molecule has 3 aromatic rings. The minimum Gasteiger partial charge on any atom is -0.497 e. The number of piperazine rings is 1. The van der Waals surface area contributed by atoms with Gasteiger partial charge in [0, 0.05) is 43.0 Å². The van der Waals surface area contributed by atoms with Gasteiger partial charge >= 0.3 is 0 Å².